The number of aliphatic hydroxyl groups is 2. The minimum atomic E-state index is -0.709. The first-order valence-electron chi connectivity index (χ1n) is 5.95. The number of fused-ring (bicyclic) bond motifs is 1. The van der Waals surface area contributed by atoms with E-state index in [1.807, 2.05) is 0 Å². The van der Waals surface area contributed by atoms with Crippen molar-refractivity contribution in [1.29, 1.82) is 0 Å². The molecule has 2 N–H and O–H groups in total. The van der Waals surface area contributed by atoms with Gasteiger partial charge in [-0.05, 0) is 24.7 Å². The smallest absolute Gasteiger partial charge is 0.336 e. The van der Waals surface area contributed by atoms with Gasteiger partial charge in [0.1, 0.15) is 12.2 Å². The lowest BCUT2D eigenvalue weighted by Gasteiger charge is -2.26. The average Bonchev–Trinajstić information content (AvgIpc) is 2.92. The highest BCUT2D eigenvalue weighted by atomic mass is 16.6. The van der Waals surface area contributed by atoms with Crippen molar-refractivity contribution in [3.05, 3.63) is 12.2 Å². The largest absolute Gasteiger partial charge is 0.456 e. The Kier molecular flexibility index (Phi) is 2.50. The van der Waals surface area contributed by atoms with Crippen molar-refractivity contribution < 1.29 is 24.5 Å². The molecule has 0 aromatic rings. The Morgan fingerprint density at radius 2 is 2.12 bits per heavy atom. The molecule has 2 bridgehead atoms. The molecule has 3 fully saturated rings. The SMILES string of the molecule is C=C(CO)C(=O)OC1C2CC3C(O)OC1C3C2. The minimum Gasteiger partial charge on any atom is -0.456 e. The Bertz CT molecular complexity index is 366. The summed E-state index contributed by atoms with van der Waals surface area (Å²) in [6.45, 7) is 3.05. The van der Waals surface area contributed by atoms with Crippen molar-refractivity contribution >= 4 is 5.97 Å². The van der Waals surface area contributed by atoms with Crippen LogP contribution >= 0.6 is 0 Å². The first-order chi connectivity index (χ1) is 8.11. The highest BCUT2D eigenvalue weighted by molar-refractivity contribution is 5.88. The van der Waals surface area contributed by atoms with E-state index in [0.29, 0.717) is 5.92 Å². The molecule has 0 radical (unpaired) electrons. The molecule has 0 spiro atoms. The molecular weight excluding hydrogens is 224 g/mol. The van der Waals surface area contributed by atoms with Crippen LogP contribution in [0.1, 0.15) is 12.8 Å². The van der Waals surface area contributed by atoms with Gasteiger partial charge in [-0.1, -0.05) is 6.58 Å². The highest BCUT2D eigenvalue weighted by Gasteiger charge is 2.62. The molecule has 0 aromatic heterocycles. The van der Waals surface area contributed by atoms with Crippen LogP contribution in [-0.4, -0.2) is 41.3 Å². The van der Waals surface area contributed by atoms with Gasteiger partial charge in [-0.15, -0.1) is 0 Å². The van der Waals surface area contributed by atoms with Crippen molar-refractivity contribution in [1.82, 2.24) is 0 Å². The van der Waals surface area contributed by atoms with Crippen molar-refractivity contribution in [2.75, 3.05) is 6.61 Å². The zero-order valence-electron chi connectivity index (χ0n) is 9.41. The fourth-order valence-electron chi connectivity index (χ4n) is 3.51. The second kappa shape index (κ2) is 3.80. The molecule has 1 saturated heterocycles. The molecule has 3 rings (SSSR count). The van der Waals surface area contributed by atoms with Gasteiger partial charge in [-0.25, -0.2) is 4.79 Å². The number of esters is 1. The van der Waals surface area contributed by atoms with Crippen LogP contribution in [0.2, 0.25) is 0 Å². The molecule has 5 heteroatoms. The molecule has 17 heavy (non-hydrogen) atoms. The van der Waals surface area contributed by atoms with E-state index in [1.165, 1.54) is 0 Å². The fourth-order valence-corrected chi connectivity index (χ4v) is 3.51. The molecule has 1 heterocycles. The Morgan fingerprint density at radius 1 is 1.41 bits per heavy atom. The van der Waals surface area contributed by atoms with E-state index >= 15 is 0 Å². The van der Waals surface area contributed by atoms with Gasteiger partial charge in [-0.2, -0.15) is 0 Å². The van der Waals surface area contributed by atoms with Gasteiger partial charge in [0.05, 0.1) is 12.2 Å². The van der Waals surface area contributed by atoms with Crippen LogP contribution in [0.3, 0.4) is 0 Å². The van der Waals surface area contributed by atoms with Crippen molar-refractivity contribution in [2.24, 2.45) is 17.8 Å². The topological polar surface area (TPSA) is 76.0 Å². The molecule has 2 aliphatic carbocycles. The normalized spacial score (nSPS) is 46.2. The summed E-state index contributed by atoms with van der Waals surface area (Å²) in [5.41, 5.74) is 0.0582. The lowest BCUT2D eigenvalue weighted by molar-refractivity contribution is -0.161. The minimum absolute atomic E-state index is 0.0582. The van der Waals surface area contributed by atoms with Crippen LogP contribution in [-0.2, 0) is 14.3 Å². The van der Waals surface area contributed by atoms with E-state index in [9.17, 15) is 9.90 Å². The summed E-state index contributed by atoms with van der Waals surface area (Å²) in [5.74, 6) is 0.241. The number of rotatable bonds is 3. The predicted molar refractivity (Wildman–Crippen MR) is 56.7 cm³/mol. The van der Waals surface area contributed by atoms with Gasteiger partial charge in [-0.3, -0.25) is 0 Å². The third-order valence-electron chi connectivity index (χ3n) is 4.30. The molecule has 94 valence electrons. The Morgan fingerprint density at radius 3 is 2.82 bits per heavy atom. The maximum atomic E-state index is 11.6. The van der Waals surface area contributed by atoms with Crippen LogP contribution in [0, 0.1) is 17.8 Å². The summed E-state index contributed by atoms with van der Waals surface area (Å²) in [5, 5.41) is 18.5. The first kappa shape index (κ1) is 11.2. The molecule has 5 nitrogen and oxygen atoms in total. The van der Waals surface area contributed by atoms with Gasteiger partial charge >= 0.3 is 5.97 Å². The lowest BCUT2D eigenvalue weighted by Crippen LogP contribution is -2.36. The number of ether oxygens (including phenoxy) is 2. The summed E-state index contributed by atoms with van der Waals surface area (Å²) in [7, 11) is 0. The molecular formula is C12H16O5. The summed E-state index contributed by atoms with van der Waals surface area (Å²) in [4.78, 5) is 11.6. The van der Waals surface area contributed by atoms with Gasteiger partial charge < -0.3 is 19.7 Å². The molecule has 6 atom stereocenters. The number of hydrogen-bond donors (Lipinski definition) is 2. The number of hydrogen-bond acceptors (Lipinski definition) is 5. The molecule has 6 unspecified atom stereocenters. The van der Waals surface area contributed by atoms with Crippen molar-refractivity contribution in [3.8, 4) is 0 Å². The zero-order valence-corrected chi connectivity index (χ0v) is 9.41. The van der Waals surface area contributed by atoms with Gasteiger partial charge in [0.2, 0.25) is 0 Å². The highest BCUT2D eigenvalue weighted by Crippen LogP contribution is 2.56. The second-order valence-electron chi connectivity index (χ2n) is 5.18. The molecule has 3 aliphatic rings. The number of carbonyl (C=O) groups is 1. The average molecular weight is 240 g/mol. The first-order valence-corrected chi connectivity index (χ1v) is 5.95. The van der Waals surface area contributed by atoms with Gasteiger partial charge in [0, 0.05) is 5.92 Å². The third-order valence-corrected chi connectivity index (χ3v) is 4.30. The van der Waals surface area contributed by atoms with Crippen molar-refractivity contribution in [2.45, 2.75) is 31.3 Å². The quantitative estimate of drug-likeness (QED) is 0.528. The molecule has 0 amide bonds. The summed E-state index contributed by atoms with van der Waals surface area (Å²) in [6.07, 6.45) is 0.634. The fraction of sp³-hybridized carbons (Fsp3) is 0.750. The van der Waals surface area contributed by atoms with Gasteiger partial charge in [0.15, 0.2) is 6.29 Å². The number of carbonyl (C=O) groups excluding carboxylic acids is 1. The maximum Gasteiger partial charge on any atom is 0.336 e. The standard InChI is InChI=1S/C12H16O5/c1-5(4-13)11(14)16-9-6-2-7-8(3-6)12(15)17-10(7)9/h6-10,12-13,15H,1-4H2. The Labute approximate surface area is 99.0 Å². The van der Waals surface area contributed by atoms with Crippen LogP contribution in [0.15, 0.2) is 12.2 Å². The Hall–Kier alpha value is -0.910. The van der Waals surface area contributed by atoms with Crippen LogP contribution in [0.5, 0.6) is 0 Å². The third kappa shape index (κ3) is 1.53. The summed E-state index contributed by atoms with van der Waals surface area (Å²) in [6, 6.07) is 0. The van der Waals surface area contributed by atoms with Crippen LogP contribution in [0.25, 0.3) is 0 Å². The van der Waals surface area contributed by atoms with E-state index in [2.05, 4.69) is 6.58 Å². The van der Waals surface area contributed by atoms with E-state index in [4.69, 9.17) is 14.6 Å². The lowest BCUT2D eigenvalue weighted by atomic mass is 9.87. The van der Waals surface area contributed by atoms with E-state index in [0.717, 1.165) is 12.8 Å². The van der Waals surface area contributed by atoms with Crippen LogP contribution < -0.4 is 0 Å². The molecule has 0 aromatic carbocycles. The molecule has 1 aliphatic heterocycles. The summed E-state index contributed by atoms with van der Waals surface area (Å²) < 4.78 is 10.8. The summed E-state index contributed by atoms with van der Waals surface area (Å²) >= 11 is 0. The monoisotopic (exact) mass is 240 g/mol. The van der Waals surface area contributed by atoms with E-state index in [1.54, 1.807) is 0 Å². The maximum absolute atomic E-state index is 11.6. The zero-order chi connectivity index (χ0) is 12.2. The predicted octanol–water partition coefficient (Wildman–Crippen LogP) is -0.180. The van der Waals surface area contributed by atoms with Crippen LogP contribution in [0.4, 0.5) is 0 Å². The second-order valence-corrected chi connectivity index (χ2v) is 5.18. The van der Waals surface area contributed by atoms with E-state index in [-0.39, 0.29) is 29.6 Å². The van der Waals surface area contributed by atoms with Crippen molar-refractivity contribution in [3.63, 3.8) is 0 Å². The Balaban J connectivity index is 1.70. The van der Waals surface area contributed by atoms with Gasteiger partial charge in [0.25, 0.3) is 0 Å². The van der Waals surface area contributed by atoms with E-state index < -0.39 is 18.9 Å². The number of aliphatic hydroxyl groups excluding tert-OH is 2. The molecule has 2 saturated carbocycles.